The highest BCUT2D eigenvalue weighted by Crippen LogP contribution is 2.40. The van der Waals surface area contributed by atoms with Crippen molar-refractivity contribution in [3.05, 3.63) is 23.9 Å². The van der Waals surface area contributed by atoms with E-state index in [-0.39, 0.29) is 24.2 Å². The van der Waals surface area contributed by atoms with Crippen LogP contribution in [0, 0.1) is 12.3 Å². The van der Waals surface area contributed by atoms with E-state index < -0.39 is 5.41 Å². The van der Waals surface area contributed by atoms with Crippen LogP contribution in [0.4, 0.5) is 11.8 Å². The van der Waals surface area contributed by atoms with Crippen LogP contribution in [0.2, 0.25) is 0 Å². The first kappa shape index (κ1) is 14.5. The summed E-state index contributed by atoms with van der Waals surface area (Å²) in [4.78, 5) is 34.2. The Balaban J connectivity index is 1.95. The van der Waals surface area contributed by atoms with E-state index in [1.807, 2.05) is 11.8 Å². The zero-order chi connectivity index (χ0) is 15.9. The quantitative estimate of drug-likeness (QED) is 0.616. The van der Waals surface area contributed by atoms with Crippen LogP contribution in [0.3, 0.4) is 0 Å². The molecule has 0 aromatic carbocycles. The van der Waals surface area contributed by atoms with Gasteiger partial charge in [0.2, 0.25) is 17.8 Å². The minimum atomic E-state index is -0.629. The second-order valence-electron chi connectivity index (χ2n) is 5.97. The number of carbonyl (C=O) groups excluding carboxylic acids is 2. The maximum atomic E-state index is 12.1. The number of rotatable bonds is 3. The molecule has 0 saturated carbocycles. The smallest absolute Gasteiger partial charge is 0.235 e. The molecule has 2 saturated heterocycles. The van der Waals surface area contributed by atoms with Crippen molar-refractivity contribution < 1.29 is 9.59 Å². The maximum absolute atomic E-state index is 12.1. The van der Waals surface area contributed by atoms with Gasteiger partial charge in [-0.25, -0.2) is 4.98 Å². The molecule has 0 bridgehead atoms. The van der Waals surface area contributed by atoms with Crippen molar-refractivity contribution >= 4 is 23.6 Å². The number of nitrogens with zero attached hydrogens (tertiary/aromatic N) is 3. The van der Waals surface area contributed by atoms with Crippen molar-refractivity contribution in [1.82, 2.24) is 15.3 Å². The van der Waals surface area contributed by atoms with E-state index in [2.05, 4.69) is 21.9 Å². The van der Waals surface area contributed by atoms with Crippen LogP contribution in [-0.2, 0) is 16.0 Å². The fourth-order valence-electron chi connectivity index (χ4n) is 3.32. The topological polar surface area (TPSA) is 101 Å². The molecule has 2 amide bonds. The Bertz CT molecular complexity index is 672. The lowest BCUT2D eigenvalue weighted by Crippen LogP contribution is -2.35. The van der Waals surface area contributed by atoms with Crippen molar-refractivity contribution in [2.24, 2.45) is 5.41 Å². The van der Waals surface area contributed by atoms with Crippen molar-refractivity contribution in [2.75, 3.05) is 23.7 Å². The molecular weight excluding hydrogens is 282 g/mol. The number of aromatic nitrogens is 2. The van der Waals surface area contributed by atoms with Crippen molar-refractivity contribution in [3.63, 3.8) is 0 Å². The SMILES string of the molecule is C=CCc1c(C)nc(N)nc1N1CC[C@]2(CC(=O)NC2=O)C1. The number of nitrogens with two attached hydrogens (primary N) is 1. The summed E-state index contributed by atoms with van der Waals surface area (Å²) in [6.07, 6.45) is 3.32. The highest BCUT2D eigenvalue weighted by molar-refractivity contribution is 6.06. The average molecular weight is 301 g/mol. The molecular formula is C15H19N5O2. The monoisotopic (exact) mass is 301 g/mol. The molecule has 22 heavy (non-hydrogen) atoms. The van der Waals surface area contributed by atoms with E-state index in [1.54, 1.807) is 6.08 Å². The number of hydrogen-bond donors (Lipinski definition) is 2. The van der Waals surface area contributed by atoms with Crippen molar-refractivity contribution in [3.8, 4) is 0 Å². The molecule has 7 heteroatoms. The minimum Gasteiger partial charge on any atom is -0.368 e. The number of anilines is 2. The minimum absolute atomic E-state index is 0.177. The fraction of sp³-hybridized carbons (Fsp3) is 0.467. The predicted molar refractivity (Wildman–Crippen MR) is 82.1 cm³/mol. The molecule has 3 rings (SSSR count). The molecule has 2 aliphatic heterocycles. The first-order valence-electron chi connectivity index (χ1n) is 7.28. The van der Waals surface area contributed by atoms with Crippen LogP contribution < -0.4 is 16.0 Å². The molecule has 1 aromatic rings. The van der Waals surface area contributed by atoms with Crippen molar-refractivity contribution in [1.29, 1.82) is 0 Å². The molecule has 1 aromatic heterocycles. The van der Waals surface area contributed by atoms with E-state index in [4.69, 9.17) is 5.73 Å². The second kappa shape index (κ2) is 5.08. The lowest BCUT2D eigenvalue weighted by molar-refractivity contribution is -0.127. The van der Waals surface area contributed by atoms with Crippen LogP contribution in [-0.4, -0.2) is 34.9 Å². The average Bonchev–Trinajstić information content (AvgIpc) is 2.97. The summed E-state index contributed by atoms with van der Waals surface area (Å²) in [5.41, 5.74) is 6.93. The van der Waals surface area contributed by atoms with Gasteiger partial charge in [0.1, 0.15) is 5.82 Å². The third kappa shape index (κ3) is 2.22. The normalized spacial score (nSPS) is 24.1. The molecule has 0 aliphatic carbocycles. The highest BCUT2D eigenvalue weighted by Gasteiger charge is 2.51. The molecule has 1 spiro atoms. The third-order valence-corrected chi connectivity index (χ3v) is 4.44. The maximum Gasteiger partial charge on any atom is 0.235 e. The Morgan fingerprint density at radius 2 is 2.23 bits per heavy atom. The summed E-state index contributed by atoms with van der Waals surface area (Å²) in [7, 11) is 0. The van der Waals surface area contributed by atoms with E-state index in [0.29, 0.717) is 25.9 Å². The second-order valence-corrected chi connectivity index (χ2v) is 5.97. The Labute approximate surface area is 128 Å². The lowest BCUT2D eigenvalue weighted by Gasteiger charge is -2.23. The van der Waals surface area contributed by atoms with Gasteiger partial charge in [-0.05, 0) is 19.8 Å². The molecule has 3 heterocycles. The Morgan fingerprint density at radius 3 is 2.86 bits per heavy atom. The first-order chi connectivity index (χ1) is 10.4. The van der Waals surface area contributed by atoms with E-state index >= 15 is 0 Å². The summed E-state index contributed by atoms with van der Waals surface area (Å²) in [5.74, 6) is 0.586. The molecule has 3 N–H and O–H groups in total. The lowest BCUT2D eigenvalue weighted by atomic mass is 9.85. The summed E-state index contributed by atoms with van der Waals surface area (Å²) < 4.78 is 0. The summed E-state index contributed by atoms with van der Waals surface area (Å²) in [6.45, 7) is 6.80. The first-order valence-corrected chi connectivity index (χ1v) is 7.28. The van der Waals surface area contributed by atoms with E-state index in [9.17, 15) is 9.59 Å². The van der Waals surface area contributed by atoms with E-state index in [1.165, 1.54) is 0 Å². The van der Waals surface area contributed by atoms with Gasteiger partial charge in [-0.2, -0.15) is 4.98 Å². The van der Waals surface area contributed by atoms with Gasteiger partial charge in [0.25, 0.3) is 0 Å². The van der Waals surface area contributed by atoms with Gasteiger partial charge in [0, 0.05) is 30.8 Å². The Kier molecular flexibility index (Phi) is 3.35. The molecule has 2 aliphatic rings. The standard InChI is InChI=1S/C15H19N5O2/c1-3-4-10-9(2)17-14(16)19-12(10)20-6-5-15(8-20)7-11(21)18-13(15)22/h3H,1,4-8H2,2H3,(H2,16,17,19)(H,18,21,22)/t15-/m0/s1. The van der Waals surface area contributed by atoms with Crippen LogP contribution in [0.5, 0.6) is 0 Å². The number of nitrogen functional groups attached to an aromatic ring is 1. The molecule has 116 valence electrons. The molecule has 7 nitrogen and oxygen atoms in total. The zero-order valence-corrected chi connectivity index (χ0v) is 12.6. The predicted octanol–water partition coefficient (Wildman–Crippen LogP) is 0.339. The Hall–Kier alpha value is -2.44. The number of nitrogens with one attached hydrogen (secondary N) is 1. The van der Waals surface area contributed by atoms with Crippen LogP contribution in [0.15, 0.2) is 12.7 Å². The van der Waals surface area contributed by atoms with Crippen LogP contribution in [0.25, 0.3) is 0 Å². The van der Waals surface area contributed by atoms with E-state index in [0.717, 1.165) is 17.1 Å². The molecule has 1 atom stereocenters. The van der Waals surface area contributed by atoms with Gasteiger partial charge in [0.05, 0.1) is 5.41 Å². The van der Waals surface area contributed by atoms with Gasteiger partial charge in [0.15, 0.2) is 0 Å². The highest BCUT2D eigenvalue weighted by atomic mass is 16.2. The van der Waals surface area contributed by atoms with Crippen LogP contribution in [0.1, 0.15) is 24.1 Å². The van der Waals surface area contributed by atoms with Crippen LogP contribution >= 0.6 is 0 Å². The summed E-state index contributed by atoms with van der Waals surface area (Å²) in [6, 6.07) is 0. The molecule has 2 fully saturated rings. The largest absolute Gasteiger partial charge is 0.368 e. The van der Waals surface area contributed by atoms with Gasteiger partial charge >= 0.3 is 0 Å². The summed E-state index contributed by atoms with van der Waals surface area (Å²) >= 11 is 0. The molecule has 0 radical (unpaired) electrons. The number of amides is 2. The zero-order valence-electron chi connectivity index (χ0n) is 12.6. The number of carbonyl (C=O) groups is 2. The summed E-state index contributed by atoms with van der Waals surface area (Å²) in [5, 5.41) is 2.41. The number of allylic oxidation sites excluding steroid dienone is 1. The third-order valence-electron chi connectivity index (χ3n) is 4.44. The van der Waals surface area contributed by atoms with Gasteiger partial charge < -0.3 is 10.6 Å². The van der Waals surface area contributed by atoms with Gasteiger partial charge in [-0.1, -0.05) is 6.08 Å². The van der Waals surface area contributed by atoms with Crippen molar-refractivity contribution in [2.45, 2.75) is 26.2 Å². The van der Waals surface area contributed by atoms with Gasteiger partial charge in [-0.15, -0.1) is 6.58 Å². The fourth-order valence-corrected chi connectivity index (χ4v) is 3.32. The molecule has 0 unspecified atom stereocenters. The number of hydrogen-bond acceptors (Lipinski definition) is 6. The Morgan fingerprint density at radius 1 is 1.45 bits per heavy atom. The number of imide groups is 1. The number of aryl methyl sites for hydroxylation is 1. The van der Waals surface area contributed by atoms with Gasteiger partial charge in [-0.3, -0.25) is 14.9 Å².